The first-order chi connectivity index (χ1) is 11.3. The van der Waals surface area contributed by atoms with Crippen LogP contribution in [0.1, 0.15) is 11.6 Å². The Morgan fingerprint density at radius 1 is 1.29 bits per heavy atom. The van der Waals surface area contributed by atoms with E-state index >= 15 is 0 Å². The molecule has 1 saturated carbocycles. The minimum atomic E-state index is -4.32. The Morgan fingerprint density at radius 3 is 2.62 bits per heavy atom. The van der Waals surface area contributed by atoms with E-state index in [9.17, 15) is 13.2 Å². The summed E-state index contributed by atoms with van der Waals surface area (Å²) in [6, 6.07) is 3.29. The van der Waals surface area contributed by atoms with Crippen LogP contribution in [0.25, 0.3) is 11.3 Å². The van der Waals surface area contributed by atoms with Crippen LogP contribution in [0.15, 0.2) is 18.3 Å². The van der Waals surface area contributed by atoms with Gasteiger partial charge in [-0.1, -0.05) is 11.6 Å². The maximum atomic E-state index is 12.9. The molecule has 0 spiro atoms. The van der Waals surface area contributed by atoms with Crippen molar-refractivity contribution in [3.63, 3.8) is 0 Å². The Bertz CT molecular complexity index is 778. The Kier molecular flexibility index (Phi) is 3.50. The second-order valence-corrected chi connectivity index (χ2v) is 6.74. The second-order valence-electron chi connectivity index (χ2n) is 6.33. The molecule has 128 valence electrons. The van der Waals surface area contributed by atoms with E-state index in [2.05, 4.69) is 15.4 Å². The summed E-state index contributed by atoms with van der Waals surface area (Å²) in [4.78, 5) is 3.95. The van der Waals surface area contributed by atoms with E-state index in [1.165, 1.54) is 6.20 Å². The van der Waals surface area contributed by atoms with Gasteiger partial charge in [0.15, 0.2) is 0 Å². The molecule has 24 heavy (non-hydrogen) atoms. The number of hydrogen-bond acceptors (Lipinski definition) is 4. The van der Waals surface area contributed by atoms with Crippen LogP contribution in [0, 0.1) is 11.8 Å². The maximum absolute atomic E-state index is 12.9. The van der Waals surface area contributed by atoms with Gasteiger partial charge in [-0.15, -0.1) is 0 Å². The molecule has 5 nitrogen and oxygen atoms in total. The highest BCUT2D eigenvalue weighted by Gasteiger charge is 2.55. The van der Waals surface area contributed by atoms with Gasteiger partial charge >= 0.3 is 6.18 Å². The van der Waals surface area contributed by atoms with Crippen molar-refractivity contribution in [2.24, 2.45) is 11.8 Å². The average Bonchev–Trinajstić information content (AvgIpc) is 2.87. The predicted octanol–water partition coefficient (Wildman–Crippen LogP) is 2.68. The molecule has 1 unspecified atom stereocenters. The summed E-state index contributed by atoms with van der Waals surface area (Å²) < 4.78 is 39.8. The lowest BCUT2D eigenvalue weighted by Gasteiger charge is -2.11. The molecular weight excluding hydrogens is 343 g/mol. The van der Waals surface area contributed by atoms with Crippen molar-refractivity contribution in [2.75, 3.05) is 18.8 Å². The first kappa shape index (κ1) is 15.7. The number of nitrogens with two attached hydrogens (primary N) is 1. The largest absolute Gasteiger partial charge is 0.408 e. The number of halogens is 4. The first-order valence-electron chi connectivity index (χ1n) is 7.60. The van der Waals surface area contributed by atoms with E-state index in [1.807, 2.05) is 0 Å². The van der Waals surface area contributed by atoms with Gasteiger partial charge in [-0.05, 0) is 37.1 Å². The fourth-order valence-corrected chi connectivity index (χ4v) is 3.75. The molecule has 9 heteroatoms. The van der Waals surface area contributed by atoms with Crippen molar-refractivity contribution < 1.29 is 13.2 Å². The highest BCUT2D eigenvalue weighted by molar-refractivity contribution is 6.33. The van der Waals surface area contributed by atoms with Crippen LogP contribution < -0.4 is 11.1 Å². The van der Waals surface area contributed by atoms with Crippen LogP contribution in [-0.2, 0) is 6.54 Å². The summed E-state index contributed by atoms with van der Waals surface area (Å²) in [5.74, 6) is 1.11. The Balaban J connectivity index is 1.72. The van der Waals surface area contributed by atoms with Crippen molar-refractivity contribution >= 4 is 17.4 Å². The van der Waals surface area contributed by atoms with Crippen LogP contribution in [-0.4, -0.2) is 34.0 Å². The molecule has 4 rings (SSSR count). The van der Waals surface area contributed by atoms with E-state index < -0.39 is 12.7 Å². The number of pyridine rings is 1. The van der Waals surface area contributed by atoms with Gasteiger partial charge in [0.05, 0.1) is 10.7 Å². The lowest BCUT2D eigenvalue weighted by molar-refractivity contribution is -0.143. The maximum Gasteiger partial charge on any atom is 0.408 e. The van der Waals surface area contributed by atoms with Crippen LogP contribution in [0.3, 0.4) is 0 Å². The third-order valence-electron chi connectivity index (χ3n) is 4.74. The minimum Gasteiger partial charge on any atom is -0.382 e. The van der Waals surface area contributed by atoms with Crippen molar-refractivity contribution in [1.29, 1.82) is 0 Å². The van der Waals surface area contributed by atoms with E-state index in [1.54, 1.807) is 12.1 Å². The molecule has 0 bridgehead atoms. The predicted molar refractivity (Wildman–Crippen MR) is 83.5 cm³/mol. The fraction of sp³-hybridized carbons (Fsp3) is 0.467. The molecule has 1 saturated heterocycles. The minimum absolute atomic E-state index is 0.132. The number of piperidine rings is 1. The van der Waals surface area contributed by atoms with E-state index in [-0.39, 0.29) is 16.8 Å². The van der Waals surface area contributed by atoms with Crippen LogP contribution in [0.5, 0.6) is 0 Å². The highest BCUT2D eigenvalue weighted by Crippen LogP contribution is 2.56. The number of hydrogen-bond donors (Lipinski definition) is 2. The first-order valence-corrected chi connectivity index (χ1v) is 7.98. The normalized spacial score (nSPS) is 25.8. The smallest absolute Gasteiger partial charge is 0.382 e. The topological polar surface area (TPSA) is 68.8 Å². The summed E-state index contributed by atoms with van der Waals surface area (Å²) in [7, 11) is 0. The van der Waals surface area contributed by atoms with Gasteiger partial charge < -0.3 is 11.1 Å². The van der Waals surface area contributed by atoms with Crippen LogP contribution in [0.4, 0.5) is 19.0 Å². The Morgan fingerprint density at radius 2 is 2.00 bits per heavy atom. The van der Waals surface area contributed by atoms with Gasteiger partial charge in [-0.25, -0.2) is 4.98 Å². The molecule has 2 aromatic rings. The summed E-state index contributed by atoms with van der Waals surface area (Å²) in [5, 5.41) is 7.67. The molecule has 2 aliphatic rings. The van der Waals surface area contributed by atoms with Crippen molar-refractivity contribution in [1.82, 2.24) is 20.1 Å². The molecule has 1 aliphatic heterocycles. The number of rotatable bonds is 3. The summed E-state index contributed by atoms with van der Waals surface area (Å²) in [5.41, 5.74) is 7.20. The molecule has 2 aromatic heterocycles. The second kappa shape index (κ2) is 5.35. The van der Waals surface area contributed by atoms with Gasteiger partial charge in [-0.3, -0.25) is 4.68 Å². The lowest BCUT2D eigenvalue weighted by Crippen LogP contribution is -2.22. The summed E-state index contributed by atoms with van der Waals surface area (Å²) in [6.45, 7) is 0.593. The zero-order valence-electron chi connectivity index (χ0n) is 12.5. The number of anilines is 1. The molecule has 2 fully saturated rings. The Hall–Kier alpha value is -1.80. The third kappa shape index (κ3) is 2.73. The molecule has 0 amide bonds. The number of aromatic nitrogens is 3. The van der Waals surface area contributed by atoms with Crippen molar-refractivity contribution in [3.8, 4) is 11.3 Å². The zero-order chi connectivity index (χ0) is 17.1. The summed E-state index contributed by atoms with van der Waals surface area (Å²) in [6.07, 6.45) is -2.85. The van der Waals surface area contributed by atoms with Gasteiger partial charge in [0.1, 0.15) is 12.4 Å². The molecule has 0 radical (unpaired) electrons. The molecular formula is C15H15ClF3N5. The van der Waals surface area contributed by atoms with E-state index in [4.69, 9.17) is 17.3 Å². The van der Waals surface area contributed by atoms with Crippen LogP contribution in [0.2, 0.25) is 5.02 Å². The Labute approximate surface area is 141 Å². The number of alkyl halides is 3. The van der Waals surface area contributed by atoms with Gasteiger partial charge in [0.25, 0.3) is 0 Å². The molecule has 3 N–H and O–H groups in total. The van der Waals surface area contributed by atoms with E-state index in [0.29, 0.717) is 28.8 Å². The van der Waals surface area contributed by atoms with Crippen LogP contribution >= 0.6 is 11.6 Å². The standard InChI is InChI=1S/C15H15ClF3N5/c16-10-1-7(3-22-14(10)20)11-2-12(13-8-4-21-5-9(8)13)24(23-11)6-15(17,18)19/h1-3,8-9,13,21H,4-6H2,(H2,20,22)/t8-,9+,13?. The third-order valence-corrected chi connectivity index (χ3v) is 5.04. The molecule has 3 atom stereocenters. The molecule has 3 heterocycles. The van der Waals surface area contributed by atoms with Gasteiger partial charge in [0.2, 0.25) is 0 Å². The number of fused-ring (bicyclic) bond motifs is 1. The van der Waals surface area contributed by atoms with E-state index in [0.717, 1.165) is 17.8 Å². The highest BCUT2D eigenvalue weighted by atomic mass is 35.5. The molecule has 0 aromatic carbocycles. The van der Waals surface area contributed by atoms with Gasteiger partial charge in [-0.2, -0.15) is 18.3 Å². The fourth-order valence-electron chi connectivity index (χ4n) is 3.58. The quantitative estimate of drug-likeness (QED) is 0.886. The van der Waals surface area contributed by atoms with Gasteiger partial charge in [0, 0.05) is 23.4 Å². The zero-order valence-corrected chi connectivity index (χ0v) is 13.3. The number of nitrogens with one attached hydrogen (secondary N) is 1. The number of nitrogen functional groups attached to an aromatic ring is 1. The average molecular weight is 358 g/mol. The monoisotopic (exact) mass is 357 g/mol. The molecule has 1 aliphatic carbocycles. The van der Waals surface area contributed by atoms with Crippen molar-refractivity contribution in [3.05, 3.63) is 29.0 Å². The SMILES string of the molecule is Nc1ncc(-c2cc(C3[C@H]4CNC[C@@H]34)n(CC(F)(F)F)n2)cc1Cl. The summed E-state index contributed by atoms with van der Waals surface area (Å²) >= 11 is 5.96. The number of nitrogens with zero attached hydrogens (tertiary/aromatic N) is 3. The van der Waals surface area contributed by atoms with Crippen molar-refractivity contribution in [2.45, 2.75) is 18.6 Å². The lowest BCUT2D eigenvalue weighted by atomic mass is 10.1.